The molecule has 1 heterocycles. The summed E-state index contributed by atoms with van der Waals surface area (Å²) < 4.78 is 0. The Hall–Kier alpha value is -2.86. The van der Waals surface area contributed by atoms with Gasteiger partial charge in [0, 0.05) is 11.7 Å². The zero-order chi connectivity index (χ0) is 21.7. The van der Waals surface area contributed by atoms with Gasteiger partial charge in [0.25, 0.3) is 0 Å². The van der Waals surface area contributed by atoms with Crippen molar-refractivity contribution >= 4 is 29.0 Å². The van der Waals surface area contributed by atoms with E-state index in [0.717, 1.165) is 48.4 Å². The average molecular weight is 409 g/mol. The minimum absolute atomic E-state index is 0.0399. The van der Waals surface area contributed by atoms with Crippen LogP contribution in [0, 0.1) is 0 Å². The predicted molar refractivity (Wildman–Crippen MR) is 123 cm³/mol. The second-order valence-electron chi connectivity index (χ2n) is 7.92. The van der Waals surface area contributed by atoms with Crippen LogP contribution in [-0.4, -0.2) is 42.5 Å². The summed E-state index contributed by atoms with van der Waals surface area (Å²) in [5, 5.41) is 5.73. The maximum Gasteiger partial charge on any atom is 0.319 e. The van der Waals surface area contributed by atoms with Gasteiger partial charge in [0.1, 0.15) is 0 Å². The Bertz CT molecular complexity index is 906. The Labute approximate surface area is 179 Å². The predicted octanol–water partition coefficient (Wildman–Crippen LogP) is 4.32. The molecule has 0 unspecified atom stereocenters. The van der Waals surface area contributed by atoms with Crippen LogP contribution in [0.5, 0.6) is 0 Å². The van der Waals surface area contributed by atoms with Crippen molar-refractivity contribution in [1.82, 2.24) is 10.2 Å². The minimum Gasteiger partial charge on any atom is -0.336 e. The lowest BCUT2D eigenvalue weighted by molar-refractivity contribution is -0.119. The zero-order valence-corrected chi connectivity index (χ0v) is 18.4. The Morgan fingerprint density at radius 2 is 1.67 bits per heavy atom. The summed E-state index contributed by atoms with van der Waals surface area (Å²) in [5.41, 5.74) is 4.71. The molecule has 0 fully saturated rings. The van der Waals surface area contributed by atoms with Crippen LogP contribution >= 0.6 is 0 Å². The molecule has 0 radical (unpaired) electrons. The monoisotopic (exact) mass is 408 g/mol. The van der Waals surface area contributed by atoms with Crippen LogP contribution in [0.2, 0.25) is 0 Å². The number of nitrogens with one attached hydrogen (secondary N) is 2. The lowest BCUT2D eigenvalue weighted by atomic mass is 10.0. The first kappa shape index (κ1) is 21.8. The number of para-hydroxylation sites is 1. The number of fused-ring (bicyclic) bond motifs is 2. The highest BCUT2D eigenvalue weighted by Gasteiger charge is 2.27. The molecule has 1 aliphatic rings. The fourth-order valence-electron chi connectivity index (χ4n) is 3.81. The van der Waals surface area contributed by atoms with E-state index in [2.05, 4.69) is 35.4 Å². The van der Waals surface area contributed by atoms with E-state index in [-0.39, 0.29) is 18.0 Å². The molecule has 160 valence electrons. The van der Waals surface area contributed by atoms with Crippen LogP contribution in [-0.2, 0) is 17.6 Å². The minimum atomic E-state index is -0.250. The summed E-state index contributed by atoms with van der Waals surface area (Å²) in [6.45, 7) is 9.96. The summed E-state index contributed by atoms with van der Waals surface area (Å²) in [6, 6.07) is 13.7. The third-order valence-corrected chi connectivity index (χ3v) is 5.40. The Kier molecular flexibility index (Phi) is 7.11. The van der Waals surface area contributed by atoms with Gasteiger partial charge in [-0.2, -0.15) is 0 Å². The normalized spacial score (nSPS) is 12.9. The van der Waals surface area contributed by atoms with Gasteiger partial charge < -0.3 is 10.6 Å². The molecule has 0 aliphatic carbocycles. The van der Waals surface area contributed by atoms with Crippen LogP contribution in [0.3, 0.4) is 0 Å². The van der Waals surface area contributed by atoms with Crippen molar-refractivity contribution in [2.75, 3.05) is 29.9 Å². The molecule has 0 bridgehead atoms. The van der Waals surface area contributed by atoms with Crippen molar-refractivity contribution in [1.29, 1.82) is 0 Å². The SMILES string of the molecule is CCN(CC)CC(=O)N1c2ccccc2CCc2ccc(NC(=O)NC(C)C)cc21. The highest BCUT2D eigenvalue weighted by atomic mass is 16.2. The van der Waals surface area contributed by atoms with Gasteiger partial charge in [-0.05, 0) is 69.1 Å². The van der Waals surface area contributed by atoms with Crippen LogP contribution < -0.4 is 15.5 Å². The summed E-state index contributed by atoms with van der Waals surface area (Å²) >= 11 is 0. The molecule has 0 spiro atoms. The van der Waals surface area contributed by atoms with Crippen LogP contribution in [0.4, 0.5) is 21.9 Å². The van der Waals surface area contributed by atoms with E-state index >= 15 is 0 Å². The molecule has 0 saturated heterocycles. The van der Waals surface area contributed by atoms with E-state index < -0.39 is 0 Å². The van der Waals surface area contributed by atoms with Gasteiger partial charge in [-0.25, -0.2) is 4.79 Å². The number of likely N-dealkylation sites (N-methyl/N-ethyl adjacent to an activating group) is 1. The molecule has 1 aliphatic heterocycles. The molecule has 2 N–H and O–H groups in total. The lowest BCUT2D eigenvalue weighted by Crippen LogP contribution is -2.38. The first-order valence-corrected chi connectivity index (χ1v) is 10.8. The molecule has 2 aromatic carbocycles. The van der Waals surface area contributed by atoms with Gasteiger partial charge in [-0.15, -0.1) is 0 Å². The van der Waals surface area contributed by atoms with Gasteiger partial charge >= 0.3 is 6.03 Å². The number of hydrogen-bond acceptors (Lipinski definition) is 3. The number of urea groups is 1. The Morgan fingerprint density at radius 3 is 2.33 bits per heavy atom. The quantitative estimate of drug-likeness (QED) is 0.748. The molecule has 30 heavy (non-hydrogen) atoms. The maximum atomic E-state index is 13.5. The van der Waals surface area contributed by atoms with Crippen LogP contribution in [0.15, 0.2) is 42.5 Å². The summed E-state index contributed by atoms with van der Waals surface area (Å²) in [7, 11) is 0. The number of nitrogens with zero attached hydrogens (tertiary/aromatic N) is 2. The molecule has 3 rings (SSSR count). The van der Waals surface area contributed by atoms with Crippen LogP contribution in [0.1, 0.15) is 38.8 Å². The number of rotatable bonds is 6. The van der Waals surface area contributed by atoms with Gasteiger partial charge in [0.2, 0.25) is 5.91 Å². The third-order valence-electron chi connectivity index (χ3n) is 5.40. The number of hydrogen-bond donors (Lipinski definition) is 2. The fraction of sp³-hybridized carbons (Fsp3) is 0.417. The van der Waals surface area contributed by atoms with Crippen molar-refractivity contribution in [3.63, 3.8) is 0 Å². The van der Waals surface area contributed by atoms with Gasteiger partial charge in [0.05, 0.1) is 17.9 Å². The molecule has 6 heteroatoms. The van der Waals surface area contributed by atoms with Crippen LogP contribution in [0.25, 0.3) is 0 Å². The van der Waals surface area contributed by atoms with Gasteiger partial charge in [0.15, 0.2) is 0 Å². The molecule has 2 aromatic rings. The largest absolute Gasteiger partial charge is 0.336 e. The topological polar surface area (TPSA) is 64.7 Å². The van der Waals surface area contributed by atoms with E-state index in [1.807, 2.05) is 55.1 Å². The van der Waals surface area contributed by atoms with Gasteiger partial charge in [-0.1, -0.05) is 38.1 Å². The van der Waals surface area contributed by atoms with E-state index in [9.17, 15) is 9.59 Å². The smallest absolute Gasteiger partial charge is 0.319 e. The number of amides is 3. The van der Waals surface area contributed by atoms with E-state index in [4.69, 9.17) is 0 Å². The molecule has 0 aromatic heterocycles. The molecule has 0 saturated carbocycles. The first-order valence-electron chi connectivity index (χ1n) is 10.8. The van der Waals surface area contributed by atoms with Crippen molar-refractivity contribution < 1.29 is 9.59 Å². The highest BCUT2D eigenvalue weighted by Crippen LogP contribution is 2.37. The lowest BCUT2D eigenvalue weighted by Gasteiger charge is -2.28. The molecule has 3 amide bonds. The van der Waals surface area contributed by atoms with E-state index in [1.54, 1.807) is 0 Å². The molecule has 6 nitrogen and oxygen atoms in total. The Morgan fingerprint density at radius 1 is 1.00 bits per heavy atom. The van der Waals surface area contributed by atoms with E-state index in [0.29, 0.717) is 12.2 Å². The second kappa shape index (κ2) is 9.76. The number of carbonyl (C=O) groups excluding carboxylic acids is 2. The fourth-order valence-corrected chi connectivity index (χ4v) is 3.81. The zero-order valence-electron chi connectivity index (χ0n) is 18.4. The number of carbonyl (C=O) groups is 2. The summed E-state index contributed by atoms with van der Waals surface area (Å²) in [4.78, 5) is 29.6. The third kappa shape index (κ3) is 5.00. The molecular weight excluding hydrogens is 376 g/mol. The maximum absolute atomic E-state index is 13.5. The summed E-state index contributed by atoms with van der Waals surface area (Å²) in [6.07, 6.45) is 1.72. The Balaban J connectivity index is 2.01. The standard InChI is InChI=1S/C24H32N4O2/c1-5-27(6-2)16-23(29)28-21-10-8-7-9-18(21)11-12-19-13-14-20(15-22(19)28)26-24(30)25-17(3)4/h7-10,13-15,17H,5-6,11-12,16H2,1-4H3,(H2,25,26,30). The van der Waals surface area contributed by atoms with Crippen molar-refractivity contribution in [2.45, 2.75) is 46.6 Å². The van der Waals surface area contributed by atoms with Crippen molar-refractivity contribution in [2.24, 2.45) is 0 Å². The number of benzene rings is 2. The second-order valence-corrected chi connectivity index (χ2v) is 7.92. The molecular formula is C24H32N4O2. The van der Waals surface area contributed by atoms with Crippen molar-refractivity contribution in [3.05, 3.63) is 53.6 Å². The van der Waals surface area contributed by atoms with E-state index in [1.165, 1.54) is 0 Å². The van der Waals surface area contributed by atoms with Gasteiger partial charge in [-0.3, -0.25) is 14.6 Å². The highest BCUT2D eigenvalue weighted by molar-refractivity contribution is 6.04. The van der Waals surface area contributed by atoms with Crippen molar-refractivity contribution in [3.8, 4) is 0 Å². The first-order chi connectivity index (χ1) is 14.4. The summed E-state index contributed by atoms with van der Waals surface area (Å²) in [5.74, 6) is 0.0399. The number of aryl methyl sites for hydroxylation is 2. The number of anilines is 3. The average Bonchev–Trinajstić information content (AvgIpc) is 2.87. The molecule has 0 atom stereocenters.